The summed E-state index contributed by atoms with van der Waals surface area (Å²) in [4.78, 5) is 11.3. The van der Waals surface area contributed by atoms with Crippen molar-refractivity contribution >= 4 is 5.82 Å². The van der Waals surface area contributed by atoms with E-state index in [4.69, 9.17) is 9.84 Å². The van der Waals surface area contributed by atoms with Crippen molar-refractivity contribution in [3.8, 4) is 22.8 Å². The molecule has 1 saturated heterocycles. The third-order valence-corrected chi connectivity index (χ3v) is 6.23. The first-order valence-electron chi connectivity index (χ1n) is 10.4. The lowest BCUT2D eigenvalue weighted by molar-refractivity contribution is 0.209. The van der Waals surface area contributed by atoms with Crippen LogP contribution in [-0.2, 0) is 6.61 Å². The van der Waals surface area contributed by atoms with E-state index >= 15 is 0 Å². The second-order valence-corrected chi connectivity index (χ2v) is 8.51. The van der Waals surface area contributed by atoms with Crippen molar-refractivity contribution in [2.24, 2.45) is 5.92 Å². The summed E-state index contributed by atoms with van der Waals surface area (Å²) in [5.41, 5.74) is 3.89. The van der Waals surface area contributed by atoms with Gasteiger partial charge in [0.15, 0.2) is 0 Å². The number of rotatable bonds is 4. The van der Waals surface area contributed by atoms with Gasteiger partial charge in [0, 0.05) is 43.1 Å². The fraction of sp³-hybridized carbons (Fsp3) is 0.409. The van der Waals surface area contributed by atoms with Gasteiger partial charge in [-0.15, -0.1) is 0 Å². The van der Waals surface area contributed by atoms with E-state index < -0.39 is 0 Å². The van der Waals surface area contributed by atoms with Gasteiger partial charge in [0.05, 0.1) is 17.4 Å². The maximum absolute atomic E-state index is 5.73. The second kappa shape index (κ2) is 6.56. The van der Waals surface area contributed by atoms with E-state index in [1.807, 2.05) is 29.2 Å². The van der Waals surface area contributed by atoms with Crippen molar-refractivity contribution in [1.29, 1.82) is 0 Å². The Kier molecular flexibility index (Phi) is 3.84. The molecular formula is C22H24N6O. The van der Waals surface area contributed by atoms with Gasteiger partial charge in [0.2, 0.25) is 5.88 Å². The maximum atomic E-state index is 5.73. The van der Waals surface area contributed by atoms with E-state index in [0.717, 1.165) is 53.4 Å². The molecule has 29 heavy (non-hydrogen) atoms. The minimum Gasteiger partial charge on any atom is -0.472 e. The lowest BCUT2D eigenvalue weighted by Gasteiger charge is -2.45. The Balaban J connectivity index is 1.15. The second-order valence-electron chi connectivity index (χ2n) is 8.51. The van der Waals surface area contributed by atoms with Crippen LogP contribution in [0.15, 0.2) is 42.9 Å². The van der Waals surface area contributed by atoms with Gasteiger partial charge < -0.3 is 15.0 Å². The molecule has 0 bridgehead atoms. The van der Waals surface area contributed by atoms with Crippen molar-refractivity contribution in [2.75, 3.05) is 18.0 Å². The molecule has 3 aromatic rings. The maximum Gasteiger partial charge on any atom is 0.223 e. The highest BCUT2D eigenvalue weighted by atomic mass is 16.5. The Hall–Kier alpha value is -2.93. The van der Waals surface area contributed by atoms with Crippen molar-refractivity contribution in [3.05, 3.63) is 48.4 Å². The summed E-state index contributed by atoms with van der Waals surface area (Å²) in [5, 5.41) is 8.53. The predicted octanol–water partition coefficient (Wildman–Crippen LogP) is 2.80. The van der Waals surface area contributed by atoms with Crippen LogP contribution in [0.2, 0.25) is 0 Å². The Morgan fingerprint density at radius 1 is 1.10 bits per heavy atom. The van der Waals surface area contributed by atoms with Crippen LogP contribution in [0.1, 0.15) is 25.3 Å². The van der Waals surface area contributed by atoms with Crippen molar-refractivity contribution in [2.45, 2.75) is 38.5 Å². The third-order valence-electron chi connectivity index (χ3n) is 6.23. The lowest BCUT2D eigenvalue weighted by Crippen LogP contribution is -2.62. The van der Waals surface area contributed by atoms with Crippen molar-refractivity contribution in [3.63, 3.8) is 0 Å². The van der Waals surface area contributed by atoms with E-state index in [-0.39, 0.29) is 0 Å². The average Bonchev–Trinajstić information content (AvgIpc) is 3.14. The third kappa shape index (κ3) is 2.97. The van der Waals surface area contributed by atoms with E-state index in [2.05, 4.69) is 39.2 Å². The number of anilines is 1. The van der Waals surface area contributed by atoms with Gasteiger partial charge in [-0.2, -0.15) is 5.10 Å². The van der Waals surface area contributed by atoms with Gasteiger partial charge in [0.1, 0.15) is 18.1 Å². The number of aromatic nitrogens is 4. The first-order chi connectivity index (χ1) is 14.2. The lowest BCUT2D eigenvalue weighted by atomic mass is 9.81. The van der Waals surface area contributed by atoms with Gasteiger partial charge in [-0.25, -0.2) is 14.6 Å². The molecule has 1 aliphatic carbocycles. The summed E-state index contributed by atoms with van der Waals surface area (Å²) >= 11 is 0. The summed E-state index contributed by atoms with van der Waals surface area (Å²) in [6.45, 7) is 4.89. The van der Waals surface area contributed by atoms with Gasteiger partial charge in [-0.1, -0.05) is 6.92 Å². The molecule has 7 nitrogen and oxygen atoms in total. The highest BCUT2D eigenvalue weighted by Gasteiger charge is 2.33. The van der Waals surface area contributed by atoms with Gasteiger partial charge in [-0.3, -0.25) is 0 Å². The average molecular weight is 388 g/mol. The molecule has 0 spiro atoms. The van der Waals surface area contributed by atoms with Crippen LogP contribution in [0.25, 0.3) is 16.9 Å². The quantitative estimate of drug-likeness (QED) is 0.741. The van der Waals surface area contributed by atoms with E-state index in [9.17, 15) is 0 Å². The van der Waals surface area contributed by atoms with Crippen LogP contribution in [0.5, 0.6) is 5.88 Å². The monoisotopic (exact) mass is 388 g/mol. The molecular weight excluding hydrogens is 364 g/mol. The van der Waals surface area contributed by atoms with Gasteiger partial charge in [-0.05, 0) is 43.0 Å². The van der Waals surface area contributed by atoms with Crippen LogP contribution in [0, 0.1) is 5.92 Å². The number of pyridine rings is 2. The molecule has 1 N–H and O–H groups in total. The summed E-state index contributed by atoms with van der Waals surface area (Å²) in [5.74, 6) is 2.57. The zero-order valence-corrected chi connectivity index (χ0v) is 16.5. The van der Waals surface area contributed by atoms with Crippen LogP contribution in [0.4, 0.5) is 5.82 Å². The Bertz CT molecular complexity index is 1030. The van der Waals surface area contributed by atoms with E-state index in [1.54, 1.807) is 6.20 Å². The van der Waals surface area contributed by atoms with Crippen LogP contribution < -0.4 is 15.0 Å². The molecule has 3 aliphatic rings. The highest BCUT2D eigenvalue weighted by Crippen LogP contribution is 2.35. The van der Waals surface area contributed by atoms with E-state index in [1.165, 1.54) is 12.8 Å². The molecule has 0 radical (unpaired) electrons. The minimum atomic E-state index is 0.493. The molecule has 0 aromatic carbocycles. The summed E-state index contributed by atoms with van der Waals surface area (Å²) in [7, 11) is 0. The fourth-order valence-electron chi connectivity index (χ4n) is 4.55. The fourth-order valence-corrected chi connectivity index (χ4v) is 4.55. The standard InChI is InChI=1S/C22H24N6O/c1-14-7-16(8-14)25-17-11-27(12-17)20-5-4-18(9-24-20)28-10-15-13-29-22-19(21(15)26-28)3-2-6-23-22/h2-6,9-10,14,16-17,25H,7-8,11-13H2,1H3. The number of hydrogen-bond donors (Lipinski definition) is 1. The molecule has 5 heterocycles. The molecule has 2 fully saturated rings. The number of nitrogens with zero attached hydrogens (tertiary/aromatic N) is 5. The molecule has 0 amide bonds. The first kappa shape index (κ1) is 17.0. The number of nitrogens with one attached hydrogen (secondary N) is 1. The molecule has 7 heteroatoms. The SMILES string of the molecule is CC1CC(NC2CN(c3ccc(-n4cc5c(n4)-c4cccnc4OC5)cn3)C2)C1. The van der Waals surface area contributed by atoms with Gasteiger partial charge >= 0.3 is 0 Å². The Morgan fingerprint density at radius 2 is 2.00 bits per heavy atom. The molecule has 0 atom stereocenters. The zero-order valence-electron chi connectivity index (χ0n) is 16.5. The molecule has 148 valence electrons. The van der Waals surface area contributed by atoms with Crippen molar-refractivity contribution in [1.82, 2.24) is 25.1 Å². The topological polar surface area (TPSA) is 68.1 Å². The van der Waals surface area contributed by atoms with E-state index in [0.29, 0.717) is 18.5 Å². The number of fused-ring (bicyclic) bond motifs is 3. The van der Waals surface area contributed by atoms with Crippen LogP contribution in [0.3, 0.4) is 0 Å². The summed E-state index contributed by atoms with van der Waals surface area (Å²) in [6.07, 6.45) is 8.30. The minimum absolute atomic E-state index is 0.493. The predicted molar refractivity (Wildman–Crippen MR) is 110 cm³/mol. The Morgan fingerprint density at radius 3 is 2.79 bits per heavy atom. The smallest absolute Gasteiger partial charge is 0.223 e. The molecule has 2 aliphatic heterocycles. The normalized spacial score (nSPS) is 22.9. The zero-order chi connectivity index (χ0) is 19.4. The highest BCUT2D eigenvalue weighted by molar-refractivity contribution is 5.69. The molecule has 3 aromatic heterocycles. The van der Waals surface area contributed by atoms with Gasteiger partial charge in [0.25, 0.3) is 0 Å². The molecule has 1 saturated carbocycles. The molecule has 0 unspecified atom stereocenters. The number of hydrogen-bond acceptors (Lipinski definition) is 6. The summed E-state index contributed by atoms with van der Waals surface area (Å²) < 4.78 is 7.61. The van der Waals surface area contributed by atoms with Crippen LogP contribution >= 0.6 is 0 Å². The molecule has 6 rings (SSSR count). The van der Waals surface area contributed by atoms with Crippen molar-refractivity contribution < 1.29 is 4.74 Å². The Labute approximate surface area is 169 Å². The van der Waals surface area contributed by atoms with Crippen LogP contribution in [-0.4, -0.2) is 44.9 Å². The first-order valence-corrected chi connectivity index (χ1v) is 10.4. The largest absolute Gasteiger partial charge is 0.472 e. The number of ether oxygens (including phenoxy) is 1. The summed E-state index contributed by atoms with van der Waals surface area (Å²) in [6, 6.07) is 9.40.